The van der Waals surface area contributed by atoms with Crippen LogP contribution in [0.5, 0.6) is 5.75 Å². The average molecular weight is 351 g/mol. The van der Waals surface area contributed by atoms with Crippen LogP contribution in [0.1, 0.15) is 24.0 Å². The summed E-state index contributed by atoms with van der Waals surface area (Å²) >= 11 is 3.50. The predicted molar refractivity (Wildman–Crippen MR) is 86.1 cm³/mol. The summed E-state index contributed by atoms with van der Waals surface area (Å²) in [6.07, 6.45) is 7.57. The van der Waals surface area contributed by atoms with E-state index in [1.165, 1.54) is 12.8 Å². The number of carbonyl (C=O) groups is 1. The van der Waals surface area contributed by atoms with Crippen LogP contribution in [0.2, 0.25) is 0 Å². The molecule has 0 spiro atoms. The smallest absolute Gasteiger partial charge is 0.258 e. The van der Waals surface area contributed by atoms with Crippen LogP contribution in [0.4, 0.5) is 0 Å². The summed E-state index contributed by atoms with van der Waals surface area (Å²) in [5, 5.41) is 6.05. The van der Waals surface area contributed by atoms with E-state index in [2.05, 4.69) is 32.5 Å². The topological polar surface area (TPSA) is 50.4 Å². The molecule has 112 valence electrons. The molecule has 21 heavy (non-hydrogen) atoms. The maximum atomic E-state index is 11.6. The monoisotopic (exact) mass is 350 g/mol. The van der Waals surface area contributed by atoms with Gasteiger partial charge in [0.1, 0.15) is 5.75 Å². The number of benzene rings is 1. The van der Waals surface area contributed by atoms with Gasteiger partial charge >= 0.3 is 0 Å². The van der Waals surface area contributed by atoms with Crippen LogP contribution >= 0.6 is 15.9 Å². The lowest BCUT2D eigenvalue weighted by atomic mass is 10.1. The number of ether oxygens (including phenoxy) is 1. The second-order valence-corrected chi connectivity index (χ2v) is 6.05. The lowest BCUT2D eigenvalue weighted by molar-refractivity contribution is -0.122. The van der Waals surface area contributed by atoms with E-state index >= 15 is 0 Å². The molecule has 2 N–H and O–H groups in total. The van der Waals surface area contributed by atoms with E-state index < -0.39 is 0 Å². The van der Waals surface area contributed by atoms with Gasteiger partial charge in [0.05, 0.1) is 6.54 Å². The SMILES string of the molecule is C#CCNC(=O)COc1c(C)cc(Br)cc1CNC1CC1. The number of rotatable bonds is 7. The molecule has 1 aromatic carbocycles. The van der Waals surface area contributed by atoms with Crippen LogP contribution < -0.4 is 15.4 Å². The quantitative estimate of drug-likeness (QED) is 0.740. The van der Waals surface area contributed by atoms with Gasteiger partial charge in [0.2, 0.25) is 0 Å². The zero-order chi connectivity index (χ0) is 15.2. The highest BCUT2D eigenvalue weighted by Crippen LogP contribution is 2.29. The van der Waals surface area contributed by atoms with Crippen molar-refractivity contribution in [2.75, 3.05) is 13.2 Å². The Labute approximate surface area is 133 Å². The van der Waals surface area contributed by atoms with E-state index in [-0.39, 0.29) is 19.1 Å². The van der Waals surface area contributed by atoms with Crippen LogP contribution in [0.25, 0.3) is 0 Å². The van der Waals surface area contributed by atoms with Crippen molar-refractivity contribution in [3.05, 3.63) is 27.7 Å². The molecule has 1 fully saturated rings. The third-order valence-electron chi connectivity index (χ3n) is 3.21. The maximum absolute atomic E-state index is 11.6. The number of terminal acetylenes is 1. The van der Waals surface area contributed by atoms with Crippen molar-refractivity contribution >= 4 is 21.8 Å². The molecular weight excluding hydrogens is 332 g/mol. The fourth-order valence-electron chi connectivity index (χ4n) is 2.02. The van der Waals surface area contributed by atoms with Crippen molar-refractivity contribution in [1.29, 1.82) is 0 Å². The predicted octanol–water partition coefficient (Wildman–Crippen LogP) is 2.14. The molecule has 5 heteroatoms. The molecule has 1 aliphatic rings. The normalized spacial score (nSPS) is 13.6. The van der Waals surface area contributed by atoms with E-state index in [1.807, 2.05) is 19.1 Å². The Morgan fingerprint density at radius 2 is 2.29 bits per heavy atom. The first-order valence-electron chi connectivity index (χ1n) is 6.95. The fourth-order valence-corrected chi connectivity index (χ4v) is 2.64. The second-order valence-electron chi connectivity index (χ2n) is 5.14. The Kier molecular flexibility index (Phi) is 5.66. The largest absolute Gasteiger partial charge is 0.483 e. The number of hydrogen-bond acceptors (Lipinski definition) is 3. The van der Waals surface area contributed by atoms with Crippen LogP contribution in [-0.2, 0) is 11.3 Å². The molecule has 1 aromatic rings. The molecule has 0 aliphatic heterocycles. The highest BCUT2D eigenvalue weighted by molar-refractivity contribution is 9.10. The van der Waals surface area contributed by atoms with Crippen molar-refractivity contribution in [1.82, 2.24) is 10.6 Å². The minimum Gasteiger partial charge on any atom is -0.483 e. The summed E-state index contributed by atoms with van der Waals surface area (Å²) in [4.78, 5) is 11.6. The minimum absolute atomic E-state index is 0.0272. The Bertz CT molecular complexity index is 562. The minimum atomic E-state index is -0.212. The molecule has 0 atom stereocenters. The fraction of sp³-hybridized carbons (Fsp3) is 0.438. The molecule has 2 rings (SSSR count). The van der Waals surface area contributed by atoms with Gasteiger partial charge in [-0.2, -0.15) is 0 Å². The third-order valence-corrected chi connectivity index (χ3v) is 3.67. The lowest BCUT2D eigenvalue weighted by Crippen LogP contribution is -2.29. The Morgan fingerprint density at radius 3 is 2.95 bits per heavy atom. The molecule has 4 nitrogen and oxygen atoms in total. The maximum Gasteiger partial charge on any atom is 0.258 e. The van der Waals surface area contributed by atoms with Gasteiger partial charge in [-0.15, -0.1) is 6.42 Å². The van der Waals surface area contributed by atoms with Crippen LogP contribution in [0, 0.1) is 19.3 Å². The number of aryl methyl sites for hydroxylation is 1. The highest BCUT2D eigenvalue weighted by Gasteiger charge is 2.21. The zero-order valence-corrected chi connectivity index (χ0v) is 13.6. The number of nitrogens with one attached hydrogen (secondary N) is 2. The summed E-state index contributed by atoms with van der Waals surface area (Å²) in [5.74, 6) is 2.92. The summed E-state index contributed by atoms with van der Waals surface area (Å²) in [5.41, 5.74) is 2.06. The van der Waals surface area contributed by atoms with Gasteiger partial charge in [0.25, 0.3) is 5.91 Å². The van der Waals surface area contributed by atoms with Gasteiger partial charge in [0, 0.05) is 22.6 Å². The molecule has 0 bridgehead atoms. The number of hydrogen-bond donors (Lipinski definition) is 2. The molecule has 0 heterocycles. The molecule has 0 aromatic heterocycles. The Hall–Kier alpha value is -1.51. The van der Waals surface area contributed by atoms with Crippen molar-refractivity contribution in [2.45, 2.75) is 32.4 Å². The zero-order valence-electron chi connectivity index (χ0n) is 12.0. The third kappa shape index (κ3) is 5.07. The Morgan fingerprint density at radius 1 is 1.52 bits per heavy atom. The molecule has 1 amide bonds. The Balaban J connectivity index is 2.01. The average Bonchev–Trinajstić information content (AvgIpc) is 3.25. The molecular formula is C16H19BrN2O2. The number of halogens is 1. The summed E-state index contributed by atoms with van der Waals surface area (Å²) in [6, 6.07) is 4.63. The molecule has 1 saturated carbocycles. The van der Waals surface area contributed by atoms with Gasteiger partial charge in [-0.1, -0.05) is 21.9 Å². The number of amides is 1. The molecule has 0 radical (unpaired) electrons. The molecule has 0 saturated heterocycles. The van der Waals surface area contributed by atoms with E-state index in [0.717, 1.165) is 27.9 Å². The van der Waals surface area contributed by atoms with E-state index in [0.29, 0.717) is 6.04 Å². The van der Waals surface area contributed by atoms with E-state index in [9.17, 15) is 4.79 Å². The second kappa shape index (κ2) is 7.48. The number of carbonyl (C=O) groups excluding carboxylic acids is 1. The summed E-state index contributed by atoms with van der Waals surface area (Å²) in [6.45, 7) is 2.91. The standard InChI is InChI=1S/C16H19BrN2O2/c1-3-6-18-15(20)10-21-16-11(2)7-13(17)8-12(16)9-19-14-4-5-14/h1,7-8,14,19H,4-6,9-10H2,2H3,(H,18,20). The lowest BCUT2D eigenvalue weighted by Gasteiger charge is -2.15. The van der Waals surface area contributed by atoms with Crippen molar-refractivity contribution in [3.63, 3.8) is 0 Å². The molecule has 0 unspecified atom stereocenters. The van der Waals surface area contributed by atoms with Crippen LogP contribution in [0.3, 0.4) is 0 Å². The van der Waals surface area contributed by atoms with Crippen molar-refractivity contribution in [2.24, 2.45) is 0 Å². The van der Waals surface area contributed by atoms with Gasteiger partial charge in [-0.05, 0) is 37.5 Å². The van der Waals surface area contributed by atoms with Crippen LogP contribution in [0.15, 0.2) is 16.6 Å². The highest BCUT2D eigenvalue weighted by atomic mass is 79.9. The van der Waals surface area contributed by atoms with Gasteiger partial charge in [-0.25, -0.2) is 0 Å². The van der Waals surface area contributed by atoms with Gasteiger partial charge in [0.15, 0.2) is 6.61 Å². The van der Waals surface area contributed by atoms with Crippen molar-refractivity contribution < 1.29 is 9.53 Å². The van der Waals surface area contributed by atoms with Crippen LogP contribution in [-0.4, -0.2) is 25.1 Å². The summed E-state index contributed by atoms with van der Waals surface area (Å²) < 4.78 is 6.70. The first-order valence-corrected chi connectivity index (χ1v) is 7.75. The first kappa shape index (κ1) is 15.9. The van der Waals surface area contributed by atoms with E-state index in [4.69, 9.17) is 11.2 Å². The van der Waals surface area contributed by atoms with Gasteiger partial charge in [-0.3, -0.25) is 4.79 Å². The molecule has 1 aliphatic carbocycles. The summed E-state index contributed by atoms with van der Waals surface area (Å²) in [7, 11) is 0. The van der Waals surface area contributed by atoms with Crippen molar-refractivity contribution in [3.8, 4) is 18.1 Å². The van der Waals surface area contributed by atoms with Gasteiger partial charge < -0.3 is 15.4 Å². The first-order chi connectivity index (χ1) is 10.1. The van der Waals surface area contributed by atoms with E-state index in [1.54, 1.807) is 0 Å².